The molecule has 1 unspecified atom stereocenters. The van der Waals surface area contributed by atoms with Crippen LogP contribution in [0.15, 0.2) is 0 Å². The molecule has 0 saturated heterocycles. The fourth-order valence-electron chi connectivity index (χ4n) is 0.331. The Kier molecular flexibility index (Phi) is 5.81. The van der Waals surface area contributed by atoms with Crippen molar-refractivity contribution >= 4 is 15.9 Å². The van der Waals surface area contributed by atoms with Gasteiger partial charge in [-0.2, -0.15) is 0 Å². The van der Waals surface area contributed by atoms with Crippen LogP contribution in [0.2, 0.25) is 0 Å². The largest absolute Gasteiger partial charge is 0.392 e. The molecule has 0 rings (SSSR count). The molecule has 1 N–H and O–H groups in total. The Morgan fingerprint density at radius 1 is 1.75 bits per heavy atom. The molecule has 0 spiro atoms. The maximum Gasteiger partial charge on any atom is 0.0658 e. The predicted molar refractivity (Wildman–Crippen MR) is 36.3 cm³/mol. The molecule has 1 atom stereocenters. The smallest absolute Gasteiger partial charge is 0.0658 e. The van der Waals surface area contributed by atoms with E-state index in [4.69, 9.17) is 9.84 Å². The SMILES string of the molecule is COCCC(O)CBr. The van der Waals surface area contributed by atoms with Crippen molar-refractivity contribution in [3.63, 3.8) is 0 Å². The van der Waals surface area contributed by atoms with E-state index in [1.807, 2.05) is 0 Å². The van der Waals surface area contributed by atoms with Crippen molar-refractivity contribution in [3.8, 4) is 0 Å². The van der Waals surface area contributed by atoms with Crippen molar-refractivity contribution in [2.24, 2.45) is 0 Å². The first-order valence-electron chi connectivity index (χ1n) is 2.54. The summed E-state index contributed by atoms with van der Waals surface area (Å²) in [7, 11) is 1.63. The molecule has 8 heavy (non-hydrogen) atoms. The van der Waals surface area contributed by atoms with Gasteiger partial charge in [-0.3, -0.25) is 0 Å². The van der Waals surface area contributed by atoms with Crippen LogP contribution in [0.5, 0.6) is 0 Å². The van der Waals surface area contributed by atoms with Crippen LogP contribution in [0.4, 0.5) is 0 Å². The van der Waals surface area contributed by atoms with Gasteiger partial charge in [-0.05, 0) is 6.42 Å². The Balaban J connectivity index is 2.86. The van der Waals surface area contributed by atoms with Crippen LogP contribution in [0, 0.1) is 0 Å². The van der Waals surface area contributed by atoms with E-state index in [2.05, 4.69) is 15.9 Å². The Hall–Kier alpha value is 0.400. The second-order valence-electron chi connectivity index (χ2n) is 1.59. The highest BCUT2D eigenvalue weighted by Crippen LogP contribution is 1.94. The van der Waals surface area contributed by atoms with E-state index >= 15 is 0 Å². The molecule has 0 fully saturated rings. The molecule has 0 aliphatic heterocycles. The predicted octanol–water partition coefficient (Wildman–Crippen LogP) is 0.779. The quantitative estimate of drug-likeness (QED) is 0.652. The molecule has 0 bridgehead atoms. The minimum Gasteiger partial charge on any atom is -0.392 e. The summed E-state index contributed by atoms with van der Waals surface area (Å²) >= 11 is 3.14. The maximum atomic E-state index is 8.86. The highest BCUT2D eigenvalue weighted by molar-refractivity contribution is 9.09. The zero-order valence-electron chi connectivity index (χ0n) is 4.93. The lowest BCUT2D eigenvalue weighted by molar-refractivity contribution is 0.124. The van der Waals surface area contributed by atoms with Crippen LogP contribution in [0.1, 0.15) is 6.42 Å². The van der Waals surface area contributed by atoms with Crippen LogP contribution in [0.3, 0.4) is 0 Å². The number of aliphatic hydroxyl groups is 1. The molecule has 0 aliphatic carbocycles. The number of aliphatic hydroxyl groups excluding tert-OH is 1. The van der Waals surface area contributed by atoms with Crippen molar-refractivity contribution in [2.75, 3.05) is 19.0 Å². The van der Waals surface area contributed by atoms with Gasteiger partial charge in [-0.15, -0.1) is 0 Å². The highest BCUT2D eigenvalue weighted by Gasteiger charge is 1.98. The first kappa shape index (κ1) is 8.40. The van der Waals surface area contributed by atoms with Crippen LogP contribution in [0.25, 0.3) is 0 Å². The van der Waals surface area contributed by atoms with Crippen molar-refractivity contribution < 1.29 is 9.84 Å². The number of rotatable bonds is 4. The third-order valence-electron chi connectivity index (χ3n) is 0.833. The van der Waals surface area contributed by atoms with Gasteiger partial charge in [0.1, 0.15) is 0 Å². The average molecular weight is 183 g/mol. The second-order valence-corrected chi connectivity index (χ2v) is 2.24. The summed E-state index contributed by atoms with van der Waals surface area (Å²) in [5, 5.41) is 9.50. The molecule has 0 saturated carbocycles. The number of alkyl halides is 1. The topological polar surface area (TPSA) is 29.5 Å². The van der Waals surface area contributed by atoms with E-state index < -0.39 is 0 Å². The number of hydrogen-bond acceptors (Lipinski definition) is 2. The van der Waals surface area contributed by atoms with Crippen molar-refractivity contribution in [1.29, 1.82) is 0 Å². The van der Waals surface area contributed by atoms with Gasteiger partial charge in [-0.1, -0.05) is 15.9 Å². The van der Waals surface area contributed by atoms with Gasteiger partial charge >= 0.3 is 0 Å². The minimum absolute atomic E-state index is 0.255. The third-order valence-corrected chi connectivity index (χ3v) is 1.58. The molecule has 0 aromatic heterocycles. The van der Waals surface area contributed by atoms with Crippen molar-refractivity contribution in [2.45, 2.75) is 12.5 Å². The molecule has 0 amide bonds. The lowest BCUT2D eigenvalue weighted by atomic mass is 10.3. The first-order valence-corrected chi connectivity index (χ1v) is 3.66. The summed E-state index contributed by atoms with van der Waals surface area (Å²) in [6.07, 6.45) is 0.455. The Morgan fingerprint density at radius 2 is 2.38 bits per heavy atom. The first-order chi connectivity index (χ1) is 3.81. The second kappa shape index (κ2) is 5.54. The molecule has 3 heteroatoms. The summed E-state index contributed by atoms with van der Waals surface area (Å²) < 4.78 is 4.73. The van der Waals surface area contributed by atoms with Crippen LogP contribution >= 0.6 is 15.9 Å². The van der Waals surface area contributed by atoms with Gasteiger partial charge in [0.2, 0.25) is 0 Å². The van der Waals surface area contributed by atoms with Gasteiger partial charge < -0.3 is 9.84 Å². The third kappa shape index (κ3) is 4.56. The van der Waals surface area contributed by atoms with Gasteiger partial charge in [0.25, 0.3) is 0 Å². The summed E-state index contributed by atoms with van der Waals surface area (Å²) in [5.74, 6) is 0. The van der Waals surface area contributed by atoms with Crippen molar-refractivity contribution in [3.05, 3.63) is 0 Å². The maximum absolute atomic E-state index is 8.86. The Bertz CT molecular complexity index is 49.7. The molecule has 0 heterocycles. The van der Waals surface area contributed by atoms with Gasteiger partial charge in [0, 0.05) is 19.0 Å². The number of ether oxygens (including phenoxy) is 1. The number of methoxy groups -OCH3 is 1. The zero-order valence-corrected chi connectivity index (χ0v) is 6.52. The van der Waals surface area contributed by atoms with Gasteiger partial charge in [0.15, 0.2) is 0 Å². The van der Waals surface area contributed by atoms with Crippen LogP contribution < -0.4 is 0 Å². The van der Waals surface area contributed by atoms with E-state index in [0.717, 1.165) is 0 Å². The van der Waals surface area contributed by atoms with Crippen molar-refractivity contribution in [1.82, 2.24) is 0 Å². The van der Waals surface area contributed by atoms with Crippen LogP contribution in [-0.2, 0) is 4.74 Å². The number of hydrogen-bond donors (Lipinski definition) is 1. The lowest BCUT2D eigenvalue weighted by Gasteiger charge is -2.03. The molecular formula is C5H11BrO2. The summed E-state index contributed by atoms with van der Waals surface area (Å²) in [6, 6.07) is 0. The molecule has 50 valence electrons. The fourth-order valence-corrected chi connectivity index (χ4v) is 0.655. The standard InChI is InChI=1S/C5H11BrO2/c1-8-3-2-5(7)4-6/h5,7H,2-4H2,1H3. The lowest BCUT2D eigenvalue weighted by Crippen LogP contribution is -2.10. The van der Waals surface area contributed by atoms with E-state index in [1.54, 1.807) is 7.11 Å². The Morgan fingerprint density at radius 3 is 2.75 bits per heavy atom. The zero-order chi connectivity index (χ0) is 6.41. The molecule has 0 aliphatic rings. The summed E-state index contributed by atoms with van der Waals surface area (Å²) in [6.45, 7) is 0.632. The van der Waals surface area contributed by atoms with E-state index in [1.165, 1.54) is 0 Å². The average Bonchev–Trinajstić information content (AvgIpc) is 1.83. The monoisotopic (exact) mass is 182 g/mol. The van der Waals surface area contributed by atoms with E-state index in [-0.39, 0.29) is 6.10 Å². The van der Waals surface area contributed by atoms with Crippen LogP contribution in [-0.4, -0.2) is 30.3 Å². The normalized spacial score (nSPS) is 13.9. The number of halogens is 1. The Labute approximate surface area is 58.0 Å². The van der Waals surface area contributed by atoms with E-state index in [0.29, 0.717) is 18.4 Å². The summed E-state index contributed by atoms with van der Waals surface area (Å²) in [5.41, 5.74) is 0. The molecule has 0 aromatic rings. The van der Waals surface area contributed by atoms with Gasteiger partial charge in [-0.25, -0.2) is 0 Å². The van der Waals surface area contributed by atoms with Gasteiger partial charge in [0.05, 0.1) is 6.10 Å². The molecule has 0 radical (unpaired) electrons. The minimum atomic E-state index is -0.255. The molecule has 0 aromatic carbocycles. The molecule has 2 nitrogen and oxygen atoms in total. The van der Waals surface area contributed by atoms with E-state index in [9.17, 15) is 0 Å². The molecular weight excluding hydrogens is 172 g/mol. The highest BCUT2D eigenvalue weighted by atomic mass is 79.9. The fraction of sp³-hybridized carbons (Fsp3) is 1.00. The summed E-state index contributed by atoms with van der Waals surface area (Å²) in [4.78, 5) is 0.